The number of benzene rings is 2. The van der Waals surface area contributed by atoms with E-state index in [1.807, 2.05) is 48.5 Å². The van der Waals surface area contributed by atoms with Gasteiger partial charge in [0.15, 0.2) is 0 Å². The molecule has 0 atom stereocenters. The van der Waals surface area contributed by atoms with Crippen LogP contribution in [0.4, 0.5) is 0 Å². The predicted molar refractivity (Wildman–Crippen MR) is 87.3 cm³/mol. The molecule has 0 amide bonds. The maximum atomic E-state index is 7.40. The molecule has 5 heteroatoms. The summed E-state index contributed by atoms with van der Waals surface area (Å²) in [5, 5.41) is 7.40. The van der Waals surface area contributed by atoms with Gasteiger partial charge in [0.25, 0.3) is 0 Å². The fourth-order valence-electron chi connectivity index (χ4n) is 1.72. The SMILES string of the molecule is Cl.N=C(N)c1cccc(COCc2ccccc2Br)c1. The monoisotopic (exact) mass is 354 g/mol. The third-order valence-electron chi connectivity index (χ3n) is 2.72. The van der Waals surface area contributed by atoms with E-state index in [2.05, 4.69) is 15.9 Å². The van der Waals surface area contributed by atoms with E-state index in [0.717, 1.165) is 21.2 Å². The van der Waals surface area contributed by atoms with Gasteiger partial charge in [-0.15, -0.1) is 12.4 Å². The summed E-state index contributed by atoms with van der Waals surface area (Å²) in [4.78, 5) is 0. The first kappa shape index (κ1) is 16.7. The molecule has 3 nitrogen and oxygen atoms in total. The highest BCUT2D eigenvalue weighted by molar-refractivity contribution is 9.10. The highest BCUT2D eigenvalue weighted by Gasteiger charge is 2.01. The van der Waals surface area contributed by atoms with Crippen molar-refractivity contribution in [2.24, 2.45) is 5.73 Å². The highest BCUT2D eigenvalue weighted by Crippen LogP contribution is 2.17. The van der Waals surface area contributed by atoms with Gasteiger partial charge in [-0.25, -0.2) is 0 Å². The highest BCUT2D eigenvalue weighted by atomic mass is 79.9. The molecular formula is C15H16BrClN2O. The second-order valence-electron chi connectivity index (χ2n) is 4.20. The molecule has 0 saturated heterocycles. The van der Waals surface area contributed by atoms with Gasteiger partial charge in [-0.05, 0) is 23.3 Å². The minimum absolute atomic E-state index is 0. The first-order valence-corrected chi connectivity index (χ1v) is 6.70. The Hall–Kier alpha value is -1.36. The topological polar surface area (TPSA) is 59.1 Å². The van der Waals surface area contributed by atoms with Crippen LogP contribution in [0.15, 0.2) is 53.0 Å². The molecule has 0 heterocycles. The Morgan fingerprint density at radius 3 is 2.55 bits per heavy atom. The van der Waals surface area contributed by atoms with Gasteiger partial charge in [0.05, 0.1) is 13.2 Å². The molecule has 0 spiro atoms. The van der Waals surface area contributed by atoms with Gasteiger partial charge in [0.2, 0.25) is 0 Å². The molecule has 0 aliphatic carbocycles. The maximum absolute atomic E-state index is 7.40. The number of hydrogen-bond acceptors (Lipinski definition) is 2. The number of nitrogen functional groups attached to an aromatic ring is 1. The van der Waals surface area contributed by atoms with Crippen LogP contribution in [0.1, 0.15) is 16.7 Å². The van der Waals surface area contributed by atoms with Crippen molar-refractivity contribution in [3.63, 3.8) is 0 Å². The molecule has 0 unspecified atom stereocenters. The van der Waals surface area contributed by atoms with Gasteiger partial charge in [-0.1, -0.05) is 52.3 Å². The Morgan fingerprint density at radius 2 is 1.85 bits per heavy atom. The Balaban J connectivity index is 0.00000200. The van der Waals surface area contributed by atoms with Crippen molar-refractivity contribution in [2.75, 3.05) is 0 Å². The predicted octanol–water partition coefficient (Wildman–Crippen LogP) is 3.87. The van der Waals surface area contributed by atoms with Crippen molar-refractivity contribution in [2.45, 2.75) is 13.2 Å². The number of hydrogen-bond donors (Lipinski definition) is 2. The Morgan fingerprint density at radius 1 is 1.10 bits per heavy atom. The van der Waals surface area contributed by atoms with Crippen molar-refractivity contribution >= 4 is 34.2 Å². The van der Waals surface area contributed by atoms with E-state index in [9.17, 15) is 0 Å². The quantitative estimate of drug-likeness (QED) is 0.632. The van der Waals surface area contributed by atoms with Crippen molar-refractivity contribution in [3.8, 4) is 0 Å². The van der Waals surface area contributed by atoms with E-state index in [-0.39, 0.29) is 18.2 Å². The van der Waals surface area contributed by atoms with E-state index >= 15 is 0 Å². The maximum Gasteiger partial charge on any atom is 0.122 e. The fourth-order valence-corrected chi connectivity index (χ4v) is 2.12. The lowest BCUT2D eigenvalue weighted by Crippen LogP contribution is -2.11. The number of ether oxygens (including phenoxy) is 1. The zero-order valence-electron chi connectivity index (χ0n) is 10.8. The number of nitrogens with two attached hydrogens (primary N) is 1. The zero-order chi connectivity index (χ0) is 13.7. The van der Waals surface area contributed by atoms with E-state index < -0.39 is 0 Å². The van der Waals surface area contributed by atoms with Gasteiger partial charge in [-0.3, -0.25) is 5.41 Å². The van der Waals surface area contributed by atoms with Crippen molar-refractivity contribution < 1.29 is 4.74 Å². The summed E-state index contributed by atoms with van der Waals surface area (Å²) in [5.74, 6) is 0.0765. The first-order valence-electron chi connectivity index (χ1n) is 5.91. The average molecular weight is 356 g/mol. The van der Waals surface area contributed by atoms with Gasteiger partial charge < -0.3 is 10.5 Å². The summed E-state index contributed by atoms with van der Waals surface area (Å²) in [5.41, 5.74) is 8.31. The molecule has 20 heavy (non-hydrogen) atoms. The number of halogens is 2. The van der Waals surface area contributed by atoms with E-state index in [4.69, 9.17) is 15.9 Å². The largest absolute Gasteiger partial charge is 0.384 e. The Bertz CT molecular complexity index is 590. The van der Waals surface area contributed by atoms with Crippen molar-refractivity contribution in [1.29, 1.82) is 5.41 Å². The lowest BCUT2D eigenvalue weighted by atomic mass is 10.1. The van der Waals surface area contributed by atoms with Crippen molar-refractivity contribution in [1.82, 2.24) is 0 Å². The smallest absolute Gasteiger partial charge is 0.122 e. The molecule has 0 fully saturated rings. The van der Waals surface area contributed by atoms with E-state index in [1.54, 1.807) is 0 Å². The normalized spacial score (nSPS) is 9.85. The summed E-state index contributed by atoms with van der Waals surface area (Å²) in [7, 11) is 0. The summed E-state index contributed by atoms with van der Waals surface area (Å²) in [6, 6.07) is 15.5. The molecule has 106 valence electrons. The van der Waals surface area contributed by atoms with Crippen molar-refractivity contribution in [3.05, 3.63) is 69.7 Å². The van der Waals surface area contributed by atoms with Crippen LogP contribution in [0.25, 0.3) is 0 Å². The summed E-state index contributed by atoms with van der Waals surface area (Å²) >= 11 is 3.49. The van der Waals surface area contributed by atoms with Crippen LogP contribution in [-0.4, -0.2) is 5.84 Å². The fraction of sp³-hybridized carbons (Fsp3) is 0.133. The van der Waals surface area contributed by atoms with E-state index in [1.165, 1.54) is 0 Å². The molecule has 0 aromatic heterocycles. The Kier molecular flexibility index (Phi) is 6.71. The van der Waals surface area contributed by atoms with Crippen LogP contribution in [-0.2, 0) is 18.0 Å². The molecule has 2 rings (SSSR count). The lowest BCUT2D eigenvalue weighted by molar-refractivity contribution is 0.107. The molecule has 2 aromatic rings. The summed E-state index contributed by atoms with van der Waals surface area (Å²) in [6.07, 6.45) is 0. The summed E-state index contributed by atoms with van der Waals surface area (Å²) < 4.78 is 6.73. The van der Waals surface area contributed by atoms with Gasteiger partial charge in [0.1, 0.15) is 5.84 Å². The number of nitrogens with one attached hydrogen (secondary N) is 1. The van der Waals surface area contributed by atoms with Crippen LogP contribution in [0, 0.1) is 5.41 Å². The molecule has 0 aliphatic rings. The summed E-state index contributed by atoms with van der Waals surface area (Å²) in [6.45, 7) is 1.05. The zero-order valence-corrected chi connectivity index (χ0v) is 13.2. The minimum atomic E-state index is 0. The van der Waals surface area contributed by atoms with Gasteiger partial charge >= 0.3 is 0 Å². The molecule has 0 aliphatic heterocycles. The standard InChI is InChI=1S/C15H15BrN2O.ClH/c16-14-7-2-1-5-13(14)10-19-9-11-4-3-6-12(8-11)15(17)18;/h1-8H,9-10H2,(H3,17,18);1H. The average Bonchev–Trinajstić information content (AvgIpc) is 2.41. The van der Waals surface area contributed by atoms with Crippen LogP contribution >= 0.6 is 28.3 Å². The molecule has 3 N–H and O–H groups in total. The minimum Gasteiger partial charge on any atom is -0.384 e. The molecule has 0 bridgehead atoms. The third kappa shape index (κ3) is 4.63. The second-order valence-corrected chi connectivity index (χ2v) is 5.05. The van der Waals surface area contributed by atoms with Crippen LogP contribution in [0.3, 0.4) is 0 Å². The molecule has 0 saturated carbocycles. The molecule has 0 radical (unpaired) electrons. The first-order chi connectivity index (χ1) is 9.16. The second kappa shape index (κ2) is 8.04. The van der Waals surface area contributed by atoms with Gasteiger partial charge in [0, 0.05) is 10.0 Å². The van der Waals surface area contributed by atoms with E-state index in [0.29, 0.717) is 13.2 Å². The van der Waals surface area contributed by atoms with Gasteiger partial charge in [-0.2, -0.15) is 0 Å². The molecular weight excluding hydrogens is 340 g/mol. The molecule has 2 aromatic carbocycles. The van der Waals surface area contributed by atoms with Crippen LogP contribution in [0.2, 0.25) is 0 Å². The third-order valence-corrected chi connectivity index (χ3v) is 3.50. The van der Waals surface area contributed by atoms with Crippen LogP contribution < -0.4 is 5.73 Å². The Labute approximate surface area is 133 Å². The van der Waals surface area contributed by atoms with Crippen LogP contribution in [0.5, 0.6) is 0 Å². The number of rotatable bonds is 5. The number of amidine groups is 1. The lowest BCUT2D eigenvalue weighted by Gasteiger charge is -2.07.